The largest absolute Gasteiger partial charge is 0.468 e. The number of ether oxygens (including phenoxy) is 1. The molecule has 0 aliphatic carbocycles. The number of imide groups is 1. The molecule has 1 aliphatic heterocycles. The van der Waals surface area contributed by atoms with Crippen LogP contribution in [0.5, 0.6) is 0 Å². The number of hydrogen-bond donors (Lipinski definition) is 1. The number of nitrogens with one attached hydrogen (secondary N) is 1. The van der Waals surface area contributed by atoms with Crippen LogP contribution in [0.25, 0.3) is 0 Å². The molecule has 0 aromatic carbocycles. The molecule has 102 valence electrons. The van der Waals surface area contributed by atoms with Gasteiger partial charge in [0.05, 0.1) is 7.11 Å². The van der Waals surface area contributed by atoms with E-state index in [2.05, 4.69) is 5.32 Å². The monoisotopic (exact) mass is 256 g/mol. The Kier molecular flexibility index (Phi) is 5.27. The molecule has 18 heavy (non-hydrogen) atoms. The van der Waals surface area contributed by atoms with Crippen LogP contribution in [-0.2, 0) is 19.1 Å². The Bertz CT molecular complexity index is 325. The van der Waals surface area contributed by atoms with Gasteiger partial charge >= 0.3 is 5.97 Å². The van der Waals surface area contributed by atoms with Crippen molar-refractivity contribution in [1.29, 1.82) is 0 Å². The Labute approximate surface area is 107 Å². The van der Waals surface area contributed by atoms with Crippen LogP contribution in [0.2, 0.25) is 0 Å². The second kappa shape index (κ2) is 6.49. The van der Waals surface area contributed by atoms with Gasteiger partial charge in [-0.15, -0.1) is 0 Å². The van der Waals surface area contributed by atoms with Crippen LogP contribution < -0.4 is 5.32 Å². The first-order valence-corrected chi connectivity index (χ1v) is 6.12. The van der Waals surface area contributed by atoms with Gasteiger partial charge < -0.3 is 10.1 Å². The number of rotatable bonds is 6. The lowest BCUT2D eigenvalue weighted by molar-refractivity contribution is -0.145. The number of nitrogens with zero attached hydrogens (tertiary/aromatic N) is 1. The summed E-state index contributed by atoms with van der Waals surface area (Å²) < 4.78 is 4.69. The summed E-state index contributed by atoms with van der Waals surface area (Å²) in [5.74, 6) is -0.691. The van der Waals surface area contributed by atoms with Gasteiger partial charge in [0, 0.05) is 25.4 Å². The zero-order valence-electron chi connectivity index (χ0n) is 11.1. The molecule has 0 radical (unpaired) electrons. The molecule has 1 aliphatic rings. The van der Waals surface area contributed by atoms with Gasteiger partial charge in [0.15, 0.2) is 0 Å². The van der Waals surface area contributed by atoms with Gasteiger partial charge in [-0.1, -0.05) is 13.8 Å². The second-order valence-corrected chi connectivity index (χ2v) is 4.62. The van der Waals surface area contributed by atoms with E-state index in [0.717, 1.165) is 0 Å². The van der Waals surface area contributed by atoms with Crippen molar-refractivity contribution >= 4 is 17.8 Å². The van der Waals surface area contributed by atoms with Crippen LogP contribution >= 0.6 is 0 Å². The smallest absolute Gasteiger partial charge is 0.322 e. The third-order valence-corrected chi connectivity index (χ3v) is 2.82. The maximum atomic E-state index is 11.5. The number of methoxy groups -OCH3 is 1. The van der Waals surface area contributed by atoms with Crippen LogP contribution in [0.3, 0.4) is 0 Å². The quantitative estimate of drug-likeness (QED) is 0.537. The number of carbonyl (C=O) groups excluding carboxylic acids is 3. The van der Waals surface area contributed by atoms with Crippen molar-refractivity contribution in [1.82, 2.24) is 10.2 Å². The van der Waals surface area contributed by atoms with Crippen LogP contribution in [0.4, 0.5) is 0 Å². The molecule has 0 spiro atoms. The topological polar surface area (TPSA) is 75.7 Å². The van der Waals surface area contributed by atoms with Crippen LogP contribution in [0, 0.1) is 0 Å². The minimum absolute atomic E-state index is 0.124. The van der Waals surface area contributed by atoms with Crippen molar-refractivity contribution in [3.05, 3.63) is 0 Å². The summed E-state index contributed by atoms with van der Waals surface area (Å²) >= 11 is 0. The molecule has 0 aromatic heterocycles. The molecule has 1 saturated heterocycles. The highest BCUT2D eigenvalue weighted by molar-refractivity contribution is 6.01. The summed E-state index contributed by atoms with van der Waals surface area (Å²) in [7, 11) is 1.32. The van der Waals surface area contributed by atoms with Gasteiger partial charge in [0.1, 0.15) is 6.04 Å². The highest BCUT2D eigenvalue weighted by Gasteiger charge is 2.30. The molecule has 1 fully saturated rings. The molecular formula is C12H20N2O4. The molecule has 1 N–H and O–H groups in total. The summed E-state index contributed by atoms with van der Waals surface area (Å²) in [6.45, 7) is 4.10. The highest BCUT2D eigenvalue weighted by Crippen LogP contribution is 2.13. The van der Waals surface area contributed by atoms with E-state index in [1.54, 1.807) is 0 Å². The maximum Gasteiger partial charge on any atom is 0.322 e. The predicted octanol–water partition coefficient (Wildman–Crippen LogP) is 0.0651. The number of amides is 2. The fourth-order valence-electron chi connectivity index (χ4n) is 1.94. The summed E-state index contributed by atoms with van der Waals surface area (Å²) in [5, 5.41) is 3.06. The fraction of sp³-hybridized carbons (Fsp3) is 0.750. The third kappa shape index (κ3) is 3.80. The third-order valence-electron chi connectivity index (χ3n) is 2.82. The van der Waals surface area contributed by atoms with E-state index in [0.29, 0.717) is 6.42 Å². The second-order valence-electron chi connectivity index (χ2n) is 4.62. The van der Waals surface area contributed by atoms with E-state index in [-0.39, 0.29) is 43.2 Å². The minimum Gasteiger partial charge on any atom is -0.468 e. The molecule has 1 atom stereocenters. The van der Waals surface area contributed by atoms with E-state index >= 15 is 0 Å². The van der Waals surface area contributed by atoms with Crippen LogP contribution in [0.15, 0.2) is 0 Å². The number of carbonyl (C=O) groups is 3. The summed E-state index contributed by atoms with van der Waals surface area (Å²) in [4.78, 5) is 35.6. The van der Waals surface area contributed by atoms with Crippen molar-refractivity contribution in [2.45, 2.75) is 45.2 Å². The van der Waals surface area contributed by atoms with Crippen molar-refractivity contribution < 1.29 is 19.1 Å². The zero-order valence-corrected chi connectivity index (χ0v) is 11.1. The van der Waals surface area contributed by atoms with E-state index in [1.807, 2.05) is 13.8 Å². The molecule has 0 bridgehead atoms. The van der Waals surface area contributed by atoms with Crippen molar-refractivity contribution in [2.24, 2.45) is 0 Å². The van der Waals surface area contributed by atoms with Gasteiger partial charge in [-0.25, -0.2) is 0 Å². The van der Waals surface area contributed by atoms with Crippen molar-refractivity contribution in [3.63, 3.8) is 0 Å². The van der Waals surface area contributed by atoms with Crippen LogP contribution in [0.1, 0.15) is 33.1 Å². The zero-order chi connectivity index (χ0) is 13.7. The van der Waals surface area contributed by atoms with Crippen LogP contribution in [-0.4, -0.2) is 48.4 Å². The molecule has 1 rings (SSSR count). The molecule has 1 heterocycles. The Morgan fingerprint density at radius 1 is 1.33 bits per heavy atom. The lowest BCUT2D eigenvalue weighted by atomic mass is 10.1. The summed E-state index contributed by atoms with van der Waals surface area (Å²) in [6, 6.07) is -0.365. The normalized spacial score (nSPS) is 17.4. The minimum atomic E-state index is -0.490. The first-order valence-electron chi connectivity index (χ1n) is 6.12. The molecule has 2 amide bonds. The van der Waals surface area contributed by atoms with Gasteiger partial charge in [-0.2, -0.15) is 0 Å². The molecule has 1 unspecified atom stereocenters. The highest BCUT2D eigenvalue weighted by atomic mass is 16.5. The lowest BCUT2D eigenvalue weighted by Gasteiger charge is -2.21. The number of likely N-dealkylation sites (tertiary alicyclic amines) is 1. The van der Waals surface area contributed by atoms with Crippen molar-refractivity contribution in [3.8, 4) is 0 Å². The van der Waals surface area contributed by atoms with E-state index in [4.69, 9.17) is 4.74 Å². The average Bonchev–Trinajstić information content (AvgIpc) is 2.63. The summed E-state index contributed by atoms with van der Waals surface area (Å²) in [5.41, 5.74) is 0. The molecule has 6 nitrogen and oxygen atoms in total. The maximum absolute atomic E-state index is 11.5. The lowest BCUT2D eigenvalue weighted by Crippen LogP contribution is -2.44. The molecule has 0 saturated carbocycles. The Morgan fingerprint density at radius 3 is 2.33 bits per heavy atom. The van der Waals surface area contributed by atoms with E-state index in [1.165, 1.54) is 12.0 Å². The van der Waals surface area contributed by atoms with Gasteiger partial charge in [0.25, 0.3) is 0 Å². The van der Waals surface area contributed by atoms with E-state index in [9.17, 15) is 14.4 Å². The first kappa shape index (κ1) is 14.6. The van der Waals surface area contributed by atoms with Gasteiger partial charge in [-0.05, 0) is 6.42 Å². The molecule has 6 heteroatoms. The number of hydrogen-bond acceptors (Lipinski definition) is 5. The first-order chi connectivity index (χ1) is 8.45. The predicted molar refractivity (Wildman–Crippen MR) is 64.6 cm³/mol. The Morgan fingerprint density at radius 2 is 1.89 bits per heavy atom. The molecular weight excluding hydrogens is 236 g/mol. The number of esters is 1. The van der Waals surface area contributed by atoms with Crippen molar-refractivity contribution in [2.75, 3.05) is 13.7 Å². The Balaban J connectivity index is 2.53. The SMILES string of the molecule is COC(=O)C(CCN1C(=O)CCC1=O)NC(C)C. The standard InChI is InChI=1S/C12H20N2O4/c1-8(2)13-9(12(17)18-3)6-7-14-10(15)4-5-11(14)16/h8-9,13H,4-7H2,1-3H3. The van der Waals surface area contributed by atoms with Gasteiger partial charge in [0.2, 0.25) is 11.8 Å². The average molecular weight is 256 g/mol. The summed E-state index contributed by atoms with van der Waals surface area (Å²) in [6.07, 6.45) is 0.932. The Hall–Kier alpha value is -1.43. The fourth-order valence-corrected chi connectivity index (χ4v) is 1.94. The van der Waals surface area contributed by atoms with Gasteiger partial charge in [-0.3, -0.25) is 19.3 Å². The van der Waals surface area contributed by atoms with E-state index < -0.39 is 6.04 Å². The molecule has 0 aromatic rings.